The maximum Gasteiger partial charge on any atom is 0.315 e. The van der Waals surface area contributed by atoms with Crippen LogP contribution in [0.25, 0.3) is 0 Å². The number of nitrogens with one attached hydrogen (secondary N) is 2. The van der Waals surface area contributed by atoms with Crippen LogP contribution in [0.4, 0.5) is 4.79 Å². The van der Waals surface area contributed by atoms with Crippen molar-refractivity contribution in [3.63, 3.8) is 0 Å². The predicted octanol–water partition coefficient (Wildman–Crippen LogP) is 0.362. The number of carboxylic acid groups (broad SMARTS) is 1. The van der Waals surface area contributed by atoms with Crippen LogP contribution in [0, 0.1) is 5.92 Å². The fourth-order valence-electron chi connectivity index (χ4n) is 2.23. The molecule has 1 heterocycles. The molecule has 0 aromatic rings. The molecule has 20 heavy (non-hydrogen) atoms. The molecule has 0 saturated carbocycles. The number of sulfone groups is 1. The van der Waals surface area contributed by atoms with Gasteiger partial charge in [0.1, 0.15) is 0 Å². The molecule has 0 aromatic carbocycles. The topological polar surface area (TPSA) is 113 Å². The Hall–Kier alpha value is -1.31. The van der Waals surface area contributed by atoms with Gasteiger partial charge in [0.25, 0.3) is 0 Å². The lowest BCUT2D eigenvalue weighted by molar-refractivity contribution is -0.137. The summed E-state index contributed by atoms with van der Waals surface area (Å²) in [5.74, 6) is -1.04. The molecule has 116 valence electrons. The number of carbonyl (C=O) groups excluding carboxylic acids is 1. The monoisotopic (exact) mass is 306 g/mol. The van der Waals surface area contributed by atoms with E-state index >= 15 is 0 Å². The van der Waals surface area contributed by atoms with Crippen LogP contribution in [0.5, 0.6) is 0 Å². The molecule has 1 aliphatic rings. The summed E-state index contributed by atoms with van der Waals surface area (Å²) < 4.78 is 22.9. The van der Waals surface area contributed by atoms with Crippen LogP contribution >= 0.6 is 0 Å². The van der Waals surface area contributed by atoms with Crippen molar-refractivity contribution in [3.8, 4) is 0 Å². The highest BCUT2D eigenvalue weighted by atomic mass is 32.2. The van der Waals surface area contributed by atoms with Crippen molar-refractivity contribution in [2.75, 3.05) is 11.5 Å². The molecular weight excluding hydrogens is 284 g/mol. The van der Waals surface area contributed by atoms with Gasteiger partial charge in [0, 0.05) is 6.04 Å². The molecule has 7 nitrogen and oxygen atoms in total. The highest BCUT2D eigenvalue weighted by Gasteiger charge is 2.39. The van der Waals surface area contributed by atoms with E-state index in [0.717, 1.165) is 0 Å². The average Bonchev–Trinajstić information content (AvgIpc) is 2.50. The zero-order valence-corrected chi connectivity index (χ0v) is 12.8. The van der Waals surface area contributed by atoms with Crippen molar-refractivity contribution in [1.29, 1.82) is 0 Å². The summed E-state index contributed by atoms with van der Waals surface area (Å²) in [5, 5.41) is 14.0. The molecule has 0 aromatic heterocycles. The van der Waals surface area contributed by atoms with Crippen molar-refractivity contribution >= 4 is 21.8 Å². The maximum atomic E-state index is 11.9. The van der Waals surface area contributed by atoms with Crippen molar-refractivity contribution < 1.29 is 23.1 Å². The third-order valence-corrected chi connectivity index (χ3v) is 5.34. The first-order chi connectivity index (χ1) is 9.03. The lowest BCUT2D eigenvalue weighted by atomic mass is 10.0. The van der Waals surface area contributed by atoms with E-state index < -0.39 is 33.4 Å². The molecule has 0 spiro atoms. The molecule has 3 N–H and O–H groups in total. The summed E-state index contributed by atoms with van der Waals surface area (Å²) in [4.78, 5) is 22.6. The first-order valence-corrected chi connectivity index (χ1v) is 8.36. The van der Waals surface area contributed by atoms with Crippen molar-refractivity contribution in [2.45, 2.75) is 45.2 Å². The normalized spacial score (nSPS) is 26.2. The Morgan fingerprint density at radius 3 is 2.35 bits per heavy atom. The van der Waals surface area contributed by atoms with Crippen LogP contribution in [0.1, 0.15) is 33.6 Å². The van der Waals surface area contributed by atoms with Gasteiger partial charge < -0.3 is 15.7 Å². The van der Waals surface area contributed by atoms with E-state index in [9.17, 15) is 18.0 Å². The molecule has 0 bridgehead atoms. The van der Waals surface area contributed by atoms with Gasteiger partial charge >= 0.3 is 12.0 Å². The largest absolute Gasteiger partial charge is 0.481 e. The quantitative estimate of drug-likeness (QED) is 0.679. The summed E-state index contributed by atoms with van der Waals surface area (Å²) in [6.07, 6.45) is 0.203. The lowest BCUT2D eigenvalue weighted by Gasteiger charge is -2.27. The van der Waals surface area contributed by atoms with Crippen LogP contribution in [0.3, 0.4) is 0 Å². The third-order valence-electron chi connectivity index (χ3n) is 3.43. The minimum absolute atomic E-state index is 0.0306. The zero-order valence-electron chi connectivity index (χ0n) is 12.0. The highest BCUT2D eigenvalue weighted by Crippen LogP contribution is 2.22. The number of urea groups is 1. The molecule has 1 aliphatic heterocycles. The van der Waals surface area contributed by atoms with Crippen molar-refractivity contribution in [1.82, 2.24) is 10.6 Å². The zero-order chi connectivity index (χ0) is 15.6. The van der Waals surface area contributed by atoms with Gasteiger partial charge in [0.2, 0.25) is 0 Å². The molecule has 8 heteroatoms. The second-order valence-electron chi connectivity index (χ2n) is 5.95. The van der Waals surface area contributed by atoms with Gasteiger partial charge in [0.15, 0.2) is 9.84 Å². The van der Waals surface area contributed by atoms with Gasteiger partial charge in [-0.25, -0.2) is 13.2 Å². The fourth-order valence-corrected chi connectivity index (χ4v) is 4.32. The highest BCUT2D eigenvalue weighted by molar-refractivity contribution is 7.91. The molecule has 1 saturated heterocycles. The number of carboxylic acids is 1. The summed E-state index contributed by atoms with van der Waals surface area (Å²) in [6, 6.07) is -1.02. The van der Waals surface area contributed by atoms with E-state index in [1.54, 1.807) is 6.92 Å². The van der Waals surface area contributed by atoms with E-state index in [0.29, 0.717) is 6.42 Å². The van der Waals surface area contributed by atoms with E-state index in [-0.39, 0.29) is 23.8 Å². The van der Waals surface area contributed by atoms with Gasteiger partial charge in [-0.3, -0.25) is 4.79 Å². The number of rotatable bonds is 5. The van der Waals surface area contributed by atoms with E-state index in [4.69, 9.17) is 5.11 Å². The maximum absolute atomic E-state index is 11.9. The van der Waals surface area contributed by atoms with Crippen LogP contribution in [0.2, 0.25) is 0 Å². The van der Waals surface area contributed by atoms with Crippen molar-refractivity contribution in [3.05, 3.63) is 0 Å². The molecule has 0 radical (unpaired) electrons. The molecule has 2 amide bonds. The average molecular weight is 306 g/mol. The van der Waals surface area contributed by atoms with Crippen LogP contribution < -0.4 is 10.6 Å². The standard InChI is InChI=1S/C12H22N2O5S/c1-8(2)9(6-10(15)16)13-11(17)14-12(3)4-5-20(18,19)7-12/h8-9H,4-7H2,1-3H3,(H,15,16)(H2,13,14,17). The number of carbonyl (C=O) groups is 2. The molecule has 2 unspecified atom stereocenters. The van der Waals surface area contributed by atoms with E-state index in [1.807, 2.05) is 13.8 Å². The van der Waals surface area contributed by atoms with Crippen LogP contribution in [-0.4, -0.2) is 48.6 Å². The molecular formula is C12H22N2O5S. The van der Waals surface area contributed by atoms with Crippen LogP contribution in [-0.2, 0) is 14.6 Å². The number of hydrogen-bond acceptors (Lipinski definition) is 4. The first kappa shape index (κ1) is 16.7. The predicted molar refractivity (Wildman–Crippen MR) is 74.2 cm³/mol. The Morgan fingerprint density at radius 2 is 1.95 bits per heavy atom. The lowest BCUT2D eigenvalue weighted by Crippen LogP contribution is -2.54. The van der Waals surface area contributed by atoms with Crippen LogP contribution in [0.15, 0.2) is 0 Å². The van der Waals surface area contributed by atoms with Gasteiger partial charge in [-0.2, -0.15) is 0 Å². The van der Waals surface area contributed by atoms with Gasteiger partial charge in [-0.1, -0.05) is 13.8 Å². The second kappa shape index (κ2) is 5.99. The Balaban J connectivity index is 2.60. The number of aliphatic carboxylic acids is 1. The third kappa shape index (κ3) is 4.99. The second-order valence-corrected chi connectivity index (χ2v) is 8.13. The number of amides is 2. The molecule has 1 rings (SSSR count). The first-order valence-electron chi connectivity index (χ1n) is 6.54. The summed E-state index contributed by atoms with van der Waals surface area (Å²) in [6.45, 7) is 5.31. The Labute approximate surface area is 119 Å². The Bertz CT molecular complexity index is 488. The molecule has 1 fully saturated rings. The SMILES string of the molecule is CC(C)C(CC(=O)O)NC(=O)NC1(C)CCS(=O)(=O)C1. The van der Waals surface area contributed by atoms with Gasteiger partial charge in [-0.15, -0.1) is 0 Å². The summed E-state index contributed by atoms with van der Waals surface area (Å²) in [5.41, 5.74) is -0.784. The summed E-state index contributed by atoms with van der Waals surface area (Å²) in [7, 11) is -3.10. The van der Waals surface area contributed by atoms with E-state index in [2.05, 4.69) is 10.6 Å². The minimum Gasteiger partial charge on any atom is -0.481 e. The number of hydrogen-bond donors (Lipinski definition) is 3. The smallest absolute Gasteiger partial charge is 0.315 e. The summed E-state index contributed by atoms with van der Waals surface area (Å²) >= 11 is 0. The molecule has 2 atom stereocenters. The molecule has 0 aliphatic carbocycles. The van der Waals surface area contributed by atoms with Crippen molar-refractivity contribution in [2.24, 2.45) is 5.92 Å². The Morgan fingerprint density at radius 1 is 1.35 bits per heavy atom. The minimum atomic E-state index is -3.10. The Kier molecular flexibility index (Phi) is 5.01. The van der Waals surface area contributed by atoms with Gasteiger partial charge in [0.05, 0.1) is 23.5 Å². The van der Waals surface area contributed by atoms with E-state index in [1.165, 1.54) is 0 Å². The van der Waals surface area contributed by atoms with Gasteiger partial charge in [-0.05, 0) is 19.3 Å². The fraction of sp³-hybridized carbons (Fsp3) is 0.833.